The van der Waals surface area contributed by atoms with Gasteiger partial charge in [-0.2, -0.15) is 0 Å². The van der Waals surface area contributed by atoms with Crippen molar-refractivity contribution < 1.29 is 0 Å². The molecule has 5 heteroatoms. The zero-order chi connectivity index (χ0) is 15.0. The van der Waals surface area contributed by atoms with E-state index in [0.717, 1.165) is 11.0 Å². The Morgan fingerprint density at radius 3 is 2.19 bits per heavy atom. The summed E-state index contributed by atoms with van der Waals surface area (Å²) < 4.78 is 3.47. The Hall–Kier alpha value is 0.420. The predicted molar refractivity (Wildman–Crippen MR) is 100 cm³/mol. The summed E-state index contributed by atoms with van der Waals surface area (Å²) in [4.78, 5) is 2.68. The van der Waals surface area contributed by atoms with E-state index in [-0.39, 0.29) is 0 Å². The lowest BCUT2D eigenvalue weighted by Crippen LogP contribution is -2.56. The largest absolute Gasteiger partial charge is 0.364 e. The fourth-order valence-electron chi connectivity index (χ4n) is 3.98. The van der Waals surface area contributed by atoms with Crippen LogP contribution in [0.3, 0.4) is 0 Å². The number of hydrogen-bond acceptors (Lipinski definition) is 2. The van der Waals surface area contributed by atoms with Crippen molar-refractivity contribution in [2.75, 3.05) is 11.4 Å². The Bertz CT molecular complexity index is 483. The van der Waals surface area contributed by atoms with Crippen molar-refractivity contribution in [1.29, 1.82) is 0 Å². The maximum atomic E-state index is 3.77. The fraction of sp³-hybridized carbons (Fsp3) is 0.625. The number of nitrogens with zero attached hydrogens (tertiary/aromatic N) is 1. The van der Waals surface area contributed by atoms with Gasteiger partial charge in [0.25, 0.3) is 0 Å². The average Bonchev–Trinajstić information content (AvgIpc) is 2.38. The van der Waals surface area contributed by atoms with Crippen molar-refractivity contribution in [2.24, 2.45) is 0 Å². The minimum atomic E-state index is 0.662. The molecule has 2 nitrogen and oxygen atoms in total. The number of rotatable bonds is 3. The average molecular weight is 481 g/mol. The molecule has 3 rings (SSSR count). The molecule has 2 atom stereocenters. The summed E-state index contributed by atoms with van der Waals surface area (Å²) >= 11 is 11.1. The predicted octanol–water partition coefficient (Wildman–Crippen LogP) is 5.47. The van der Waals surface area contributed by atoms with E-state index in [1.165, 1.54) is 46.7 Å². The van der Waals surface area contributed by atoms with Crippen LogP contribution in [0.25, 0.3) is 0 Å². The van der Waals surface area contributed by atoms with Crippen molar-refractivity contribution in [2.45, 2.75) is 57.2 Å². The second-order valence-electron chi connectivity index (χ2n) is 6.09. The number of anilines is 1. The van der Waals surface area contributed by atoms with Gasteiger partial charge in [0.15, 0.2) is 0 Å². The third kappa shape index (κ3) is 3.36. The Balaban J connectivity index is 1.92. The first-order valence-electron chi connectivity index (χ1n) is 7.76. The van der Waals surface area contributed by atoms with Crippen molar-refractivity contribution in [1.82, 2.24) is 5.32 Å². The van der Waals surface area contributed by atoms with Crippen LogP contribution in [0.5, 0.6) is 0 Å². The van der Waals surface area contributed by atoms with Gasteiger partial charge in [-0.25, -0.2) is 0 Å². The summed E-state index contributed by atoms with van der Waals surface area (Å²) in [5.41, 5.74) is 1.34. The Kier molecular flexibility index (Phi) is 5.35. The van der Waals surface area contributed by atoms with Crippen LogP contribution < -0.4 is 10.2 Å². The molecule has 116 valence electrons. The molecule has 2 unspecified atom stereocenters. The molecule has 2 saturated heterocycles. The van der Waals surface area contributed by atoms with Crippen LogP contribution in [-0.4, -0.2) is 24.7 Å². The van der Waals surface area contributed by atoms with Gasteiger partial charge in [0, 0.05) is 31.5 Å². The van der Waals surface area contributed by atoms with Gasteiger partial charge in [-0.1, -0.05) is 22.9 Å². The molecule has 1 aromatic carbocycles. The number of halogens is 3. The third-order valence-electron chi connectivity index (χ3n) is 4.71. The van der Waals surface area contributed by atoms with E-state index in [1.807, 2.05) is 0 Å². The first-order valence-corrected chi connectivity index (χ1v) is 10.1. The molecule has 0 spiro atoms. The SMILES string of the molecule is CCNC1CC2CCCC(C1)N2c1c(Br)cc(Br)cc1Br. The van der Waals surface area contributed by atoms with Crippen LogP contribution in [-0.2, 0) is 0 Å². The van der Waals surface area contributed by atoms with E-state index in [4.69, 9.17) is 0 Å². The number of benzene rings is 1. The summed E-state index contributed by atoms with van der Waals surface area (Å²) in [6, 6.07) is 6.33. The summed E-state index contributed by atoms with van der Waals surface area (Å²) in [7, 11) is 0. The minimum absolute atomic E-state index is 0.662. The molecule has 2 bridgehead atoms. The number of fused-ring (bicyclic) bond motifs is 2. The summed E-state index contributed by atoms with van der Waals surface area (Å²) in [5, 5.41) is 3.67. The standard InChI is InChI=1S/C16H21Br3N2/c1-2-20-11-8-12-4-3-5-13(9-11)21(12)16-14(18)6-10(17)7-15(16)19/h6-7,11-13,20H,2-5,8-9H2,1H3. The van der Waals surface area contributed by atoms with Crippen LogP contribution in [0, 0.1) is 0 Å². The summed E-state index contributed by atoms with van der Waals surface area (Å²) in [5.74, 6) is 0. The topological polar surface area (TPSA) is 15.3 Å². The maximum Gasteiger partial charge on any atom is 0.0660 e. The van der Waals surface area contributed by atoms with Crippen LogP contribution >= 0.6 is 47.8 Å². The first-order chi connectivity index (χ1) is 10.1. The molecular formula is C16H21Br3N2. The van der Waals surface area contributed by atoms with E-state index in [1.54, 1.807) is 0 Å². The zero-order valence-electron chi connectivity index (χ0n) is 12.2. The summed E-state index contributed by atoms with van der Waals surface area (Å²) in [6.07, 6.45) is 6.52. The van der Waals surface area contributed by atoms with Gasteiger partial charge < -0.3 is 10.2 Å². The molecule has 2 aliphatic heterocycles. The van der Waals surface area contributed by atoms with Crippen molar-refractivity contribution in [3.8, 4) is 0 Å². The number of piperidine rings is 2. The summed E-state index contributed by atoms with van der Waals surface area (Å²) in [6.45, 7) is 3.29. The molecular weight excluding hydrogens is 460 g/mol. The van der Waals surface area contributed by atoms with Gasteiger partial charge in [-0.15, -0.1) is 0 Å². The van der Waals surface area contributed by atoms with E-state index in [0.29, 0.717) is 18.1 Å². The Morgan fingerprint density at radius 2 is 1.67 bits per heavy atom. The third-order valence-corrected chi connectivity index (χ3v) is 6.37. The highest BCUT2D eigenvalue weighted by atomic mass is 79.9. The van der Waals surface area contributed by atoms with Crippen molar-refractivity contribution in [3.05, 3.63) is 25.6 Å². The highest BCUT2D eigenvalue weighted by Crippen LogP contribution is 2.45. The molecule has 0 saturated carbocycles. The molecule has 21 heavy (non-hydrogen) atoms. The molecule has 0 aliphatic carbocycles. The second kappa shape index (κ2) is 6.90. The monoisotopic (exact) mass is 478 g/mol. The van der Waals surface area contributed by atoms with E-state index < -0.39 is 0 Å². The van der Waals surface area contributed by atoms with Gasteiger partial charge in [-0.05, 0) is 82.6 Å². The van der Waals surface area contributed by atoms with Gasteiger partial charge in [0.05, 0.1) is 5.69 Å². The van der Waals surface area contributed by atoms with Gasteiger partial charge >= 0.3 is 0 Å². The van der Waals surface area contributed by atoms with Crippen LogP contribution in [0.4, 0.5) is 5.69 Å². The zero-order valence-corrected chi connectivity index (χ0v) is 17.0. The van der Waals surface area contributed by atoms with Crippen LogP contribution in [0.15, 0.2) is 25.6 Å². The molecule has 0 amide bonds. The van der Waals surface area contributed by atoms with Crippen molar-refractivity contribution in [3.63, 3.8) is 0 Å². The van der Waals surface area contributed by atoms with Crippen LogP contribution in [0.1, 0.15) is 39.0 Å². The lowest BCUT2D eigenvalue weighted by molar-refractivity contribution is 0.247. The minimum Gasteiger partial charge on any atom is -0.364 e. The highest BCUT2D eigenvalue weighted by molar-refractivity contribution is 9.11. The molecule has 1 N–H and O–H groups in total. The second-order valence-corrected chi connectivity index (χ2v) is 8.71. The Labute approximate surface area is 152 Å². The molecule has 2 fully saturated rings. The lowest BCUT2D eigenvalue weighted by atomic mass is 9.81. The smallest absolute Gasteiger partial charge is 0.0660 e. The van der Waals surface area contributed by atoms with E-state index in [2.05, 4.69) is 77.1 Å². The first kappa shape index (κ1) is 16.3. The molecule has 2 heterocycles. The maximum absolute atomic E-state index is 3.77. The molecule has 2 aliphatic rings. The molecule has 0 aromatic heterocycles. The van der Waals surface area contributed by atoms with Gasteiger partial charge in [0.2, 0.25) is 0 Å². The van der Waals surface area contributed by atoms with Gasteiger partial charge in [0.1, 0.15) is 0 Å². The Morgan fingerprint density at radius 1 is 1.10 bits per heavy atom. The van der Waals surface area contributed by atoms with Gasteiger partial charge in [-0.3, -0.25) is 0 Å². The quantitative estimate of drug-likeness (QED) is 0.616. The number of nitrogens with one attached hydrogen (secondary N) is 1. The molecule has 0 radical (unpaired) electrons. The molecule has 1 aromatic rings. The highest BCUT2D eigenvalue weighted by Gasteiger charge is 2.39. The normalized spacial score (nSPS) is 28.8. The van der Waals surface area contributed by atoms with E-state index >= 15 is 0 Å². The fourth-order valence-corrected chi connectivity index (χ4v) is 6.65. The van der Waals surface area contributed by atoms with E-state index in [9.17, 15) is 0 Å². The van der Waals surface area contributed by atoms with Crippen molar-refractivity contribution >= 4 is 53.5 Å². The number of hydrogen-bond donors (Lipinski definition) is 1. The van der Waals surface area contributed by atoms with Crippen LogP contribution in [0.2, 0.25) is 0 Å². The lowest BCUT2D eigenvalue weighted by Gasteiger charge is -2.51.